The number of carbonyl (C=O) groups is 1. The molecule has 6 heteroatoms. The molecule has 2 N–H and O–H groups in total. The minimum absolute atomic E-state index is 0.325. The Kier molecular flexibility index (Phi) is 4.02. The number of hydrazone groups is 1. The number of hydrogen-bond acceptors (Lipinski definition) is 4. The highest BCUT2D eigenvalue weighted by Gasteiger charge is 2.14. The maximum atomic E-state index is 11.9. The van der Waals surface area contributed by atoms with E-state index in [1.165, 1.54) is 6.21 Å². The summed E-state index contributed by atoms with van der Waals surface area (Å²) < 4.78 is 0. The molecular formula is C13H15N5O. The number of hydrogen-bond donors (Lipinski definition) is 2. The molecule has 2 aromatic rings. The number of carbonyl (C=O) groups excluding carboxylic acids is 1. The Morgan fingerprint density at radius 3 is 3.05 bits per heavy atom. The molecule has 0 atom stereocenters. The zero-order valence-corrected chi connectivity index (χ0v) is 10.8. The SMILES string of the molecule is CCc1[nH]nc(C(=O)N/N=C/c2cccnc2)c1C. The normalized spacial score (nSPS) is 10.8. The third kappa shape index (κ3) is 3.04. The highest BCUT2D eigenvalue weighted by molar-refractivity contribution is 5.94. The van der Waals surface area contributed by atoms with Crippen molar-refractivity contribution in [2.45, 2.75) is 20.3 Å². The Balaban J connectivity index is 2.02. The molecule has 0 fully saturated rings. The van der Waals surface area contributed by atoms with E-state index in [4.69, 9.17) is 0 Å². The fraction of sp³-hybridized carbons (Fsp3) is 0.231. The van der Waals surface area contributed by atoms with Gasteiger partial charge in [0.25, 0.3) is 5.91 Å². The van der Waals surface area contributed by atoms with Gasteiger partial charge in [0.1, 0.15) is 0 Å². The van der Waals surface area contributed by atoms with E-state index in [9.17, 15) is 4.79 Å². The van der Waals surface area contributed by atoms with Gasteiger partial charge in [-0.1, -0.05) is 13.0 Å². The van der Waals surface area contributed by atoms with Gasteiger partial charge in [-0.2, -0.15) is 10.2 Å². The van der Waals surface area contributed by atoms with Crippen molar-refractivity contribution in [3.05, 3.63) is 47.0 Å². The van der Waals surface area contributed by atoms with E-state index in [2.05, 4.69) is 25.7 Å². The summed E-state index contributed by atoms with van der Waals surface area (Å²) >= 11 is 0. The predicted octanol–water partition coefficient (Wildman–Crippen LogP) is 1.44. The van der Waals surface area contributed by atoms with Gasteiger partial charge in [-0.3, -0.25) is 14.9 Å². The van der Waals surface area contributed by atoms with Crippen molar-refractivity contribution in [2.24, 2.45) is 5.10 Å². The molecule has 2 aromatic heterocycles. The Labute approximate surface area is 111 Å². The molecule has 0 aliphatic heterocycles. The Hall–Kier alpha value is -2.50. The lowest BCUT2D eigenvalue weighted by Crippen LogP contribution is -2.19. The van der Waals surface area contributed by atoms with Crippen LogP contribution in [0.1, 0.15) is 34.2 Å². The first kappa shape index (κ1) is 12.9. The summed E-state index contributed by atoms with van der Waals surface area (Å²) in [7, 11) is 0. The van der Waals surface area contributed by atoms with Crippen LogP contribution in [0.2, 0.25) is 0 Å². The molecule has 0 saturated heterocycles. The Morgan fingerprint density at radius 1 is 1.58 bits per heavy atom. The second-order valence-electron chi connectivity index (χ2n) is 4.01. The summed E-state index contributed by atoms with van der Waals surface area (Å²) in [6.07, 6.45) is 5.68. The Morgan fingerprint density at radius 2 is 2.42 bits per heavy atom. The van der Waals surface area contributed by atoms with Crippen molar-refractivity contribution in [1.82, 2.24) is 20.6 Å². The molecule has 19 heavy (non-hydrogen) atoms. The van der Waals surface area contributed by atoms with Gasteiger partial charge in [0.2, 0.25) is 0 Å². The number of nitrogens with zero attached hydrogens (tertiary/aromatic N) is 3. The van der Waals surface area contributed by atoms with Crippen LogP contribution in [0.25, 0.3) is 0 Å². The number of amides is 1. The Bertz CT molecular complexity index is 588. The third-order valence-corrected chi connectivity index (χ3v) is 2.74. The van der Waals surface area contributed by atoms with Gasteiger partial charge < -0.3 is 0 Å². The topological polar surface area (TPSA) is 83.0 Å². The second kappa shape index (κ2) is 5.90. The van der Waals surface area contributed by atoms with Gasteiger partial charge in [-0.25, -0.2) is 5.43 Å². The summed E-state index contributed by atoms with van der Waals surface area (Å²) in [5.41, 5.74) is 5.45. The first-order valence-corrected chi connectivity index (χ1v) is 5.99. The number of rotatable bonds is 4. The van der Waals surface area contributed by atoms with E-state index in [1.54, 1.807) is 18.5 Å². The van der Waals surface area contributed by atoms with E-state index in [0.717, 1.165) is 23.2 Å². The van der Waals surface area contributed by atoms with E-state index < -0.39 is 0 Å². The standard InChI is InChI=1S/C13H15N5O/c1-3-11-9(2)12(17-16-11)13(19)18-15-8-10-5-4-6-14-7-10/h4-8H,3H2,1-2H3,(H,16,17)(H,18,19)/b15-8+. The lowest BCUT2D eigenvalue weighted by atomic mass is 10.1. The van der Waals surface area contributed by atoms with Crippen molar-refractivity contribution in [1.29, 1.82) is 0 Å². The quantitative estimate of drug-likeness (QED) is 0.642. The van der Waals surface area contributed by atoms with Crippen LogP contribution in [-0.4, -0.2) is 27.3 Å². The summed E-state index contributed by atoms with van der Waals surface area (Å²) in [5.74, 6) is -0.325. The lowest BCUT2D eigenvalue weighted by Gasteiger charge is -1.97. The van der Waals surface area contributed by atoms with Gasteiger partial charge >= 0.3 is 0 Å². The highest BCUT2D eigenvalue weighted by Crippen LogP contribution is 2.09. The minimum Gasteiger partial charge on any atom is -0.282 e. The van der Waals surface area contributed by atoms with E-state index >= 15 is 0 Å². The number of aromatic nitrogens is 3. The summed E-state index contributed by atoms with van der Waals surface area (Å²) in [6, 6.07) is 3.65. The van der Waals surface area contributed by atoms with E-state index in [-0.39, 0.29) is 5.91 Å². The van der Waals surface area contributed by atoms with Crippen LogP contribution >= 0.6 is 0 Å². The van der Waals surface area contributed by atoms with Gasteiger partial charge in [-0.05, 0) is 19.4 Å². The fourth-order valence-corrected chi connectivity index (χ4v) is 1.67. The first-order chi connectivity index (χ1) is 9.22. The van der Waals surface area contributed by atoms with Crippen molar-refractivity contribution >= 4 is 12.1 Å². The summed E-state index contributed by atoms with van der Waals surface area (Å²) in [6.45, 7) is 3.87. The number of nitrogens with one attached hydrogen (secondary N) is 2. The molecule has 0 bridgehead atoms. The molecular weight excluding hydrogens is 242 g/mol. The summed E-state index contributed by atoms with van der Waals surface area (Å²) in [4.78, 5) is 15.8. The molecule has 0 spiro atoms. The number of H-pyrrole nitrogens is 1. The van der Waals surface area contributed by atoms with Crippen LogP contribution in [0.3, 0.4) is 0 Å². The zero-order valence-electron chi connectivity index (χ0n) is 10.8. The van der Waals surface area contributed by atoms with Crippen LogP contribution in [-0.2, 0) is 6.42 Å². The van der Waals surface area contributed by atoms with Crippen LogP contribution < -0.4 is 5.43 Å². The smallest absolute Gasteiger partial charge is 0.282 e. The van der Waals surface area contributed by atoms with Gasteiger partial charge in [-0.15, -0.1) is 0 Å². The molecule has 0 aliphatic rings. The third-order valence-electron chi connectivity index (χ3n) is 2.74. The summed E-state index contributed by atoms with van der Waals surface area (Å²) in [5, 5.41) is 10.7. The van der Waals surface area contributed by atoms with Crippen LogP contribution in [0.4, 0.5) is 0 Å². The van der Waals surface area contributed by atoms with Crippen LogP contribution in [0, 0.1) is 6.92 Å². The van der Waals surface area contributed by atoms with E-state index in [0.29, 0.717) is 5.69 Å². The van der Waals surface area contributed by atoms with Crippen molar-refractivity contribution in [2.75, 3.05) is 0 Å². The molecule has 0 aliphatic carbocycles. The average molecular weight is 257 g/mol. The van der Waals surface area contributed by atoms with Gasteiger partial charge in [0.05, 0.1) is 6.21 Å². The first-order valence-electron chi connectivity index (χ1n) is 5.99. The van der Waals surface area contributed by atoms with Crippen molar-refractivity contribution < 1.29 is 4.79 Å². The van der Waals surface area contributed by atoms with Crippen molar-refractivity contribution in [3.63, 3.8) is 0 Å². The van der Waals surface area contributed by atoms with E-state index in [1.807, 2.05) is 19.9 Å². The van der Waals surface area contributed by atoms with Gasteiger partial charge in [0.15, 0.2) is 5.69 Å². The molecule has 0 unspecified atom stereocenters. The number of pyridine rings is 1. The molecule has 2 rings (SSSR count). The highest BCUT2D eigenvalue weighted by atomic mass is 16.2. The molecule has 0 saturated carbocycles. The maximum absolute atomic E-state index is 11.9. The monoisotopic (exact) mass is 257 g/mol. The largest absolute Gasteiger partial charge is 0.292 e. The molecule has 0 radical (unpaired) electrons. The van der Waals surface area contributed by atoms with Crippen LogP contribution in [0.5, 0.6) is 0 Å². The number of aryl methyl sites for hydroxylation is 1. The van der Waals surface area contributed by atoms with Gasteiger partial charge in [0, 0.05) is 29.2 Å². The maximum Gasteiger partial charge on any atom is 0.292 e. The zero-order chi connectivity index (χ0) is 13.7. The van der Waals surface area contributed by atoms with Crippen molar-refractivity contribution in [3.8, 4) is 0 Å². The second-order valence-corrected chi connectivity index (χ2v) is 4.01. The lowest BCUT2D eigenvalue weighted by molar-refractivity contribution is 0.0949. The average Bonchev–Trinajstić information content (AvgIpc) is 2.81. The molecule has 6 nitrogen and oxygen atoms in total. The fourth-order valence-electron chi connectivity index (χ4n) is 1.67. The molecule has 1 amide bonds. The van der Waals surface area contributed by atoms with Crippen LogP contribution in [0.15, 0.2) is 29.6 Å². The molecule has 2 heterocycles. The predicted molar refractivity (Wildman–Crippen MR) is 72.0 cm³/mol. The minimum atomic E-state index is -0.325. The molecule has 0 aromatic carbocycles. The number of aromatic amines is 1. The molecule has 98 valence electrons.